The topological polar surface area (TPSA) is 75.4 Å². The number of benzene rings is 1. The number of amides is 2. The maximum absolute atomic E-state index is 12.5. The number of nitrogens with one attached hydrogen (secondary N) is 1. The summed E-state index contributed by atoms with van der Waals surface area (Å²) in [4.78, 5) is 25.6. The van der Waals surface area contributed by atoms with Gasteiger partial charge >= 0.3 is 0 Å². The average Bonchev–Trinajstić information content (AvgIpc) is 3.01. The number of carbonyl (C=O) groups excluding carboxylic acids is 2. The SMILES string of the molecule is NCC1CCCN1C(=O)c1ccc2c(c1)CC(=O)N2. The molecule has 0 bridgehead atoms. The fraction of sp³-hybridized carbons (Fsp3) is 0.429. The standard InChI is InChI=1S/C14H17N3O2/c15-8-11-2-1-5-17(11)14(19)9-3-4-12-10(6-9)7-13(18)16-12/h3-4,6,11H,1-2,5,7-8,15H2,(H,16,18). The van der Waals surface area contributed by atoms with Gasteiger partial charge in [-0.15, -0.1) is 0 Å². The van der Waals surface area contributed by atoms with Crippen LogP contribution in [0, 0.1) is 0 Å². The molecular formula is C14H17N3O2. The summed E-state index contributed by atoms with van der Waals surface area (Å²) >= 11 is 0. The minimum Gasteiger partial charge on any atom is -0.334 e. The number of nitrogens with zero attached hydrogens (tertiary/aromatic N) is 1. The first kappa shape index (κ1) is 12.2. The maximum atomic E-state index is 12.5. The van der Waals surface area contributed by atoms with Gasteiger partial charge in [-0.2, -0.15) is 0 Å². The number of anilines is 1. The van der Waals surface area contributed by atoms with Gasteiger partial charge in [-0.05, 0) is 36.6 Å². The Bertz CT molecular complexity index is 541. The Labute approximate surface area is 111 Å². The monoisotopic (exact) mass is 259 g/mol. The van der Waals surface area contributed by atoms with Crippen LogP contribution in [0.4, 0.5) is 5.69 Å². The van der Waals surface area contributed by atoms with Crippen LogP contribution >= 0.6 is 0 Å². The van der Waals surface area contributed by atoms with E-state index in [9.17, 15) is 9.59 Å². The molecule has 1 saturated heterocycles. The first-order valence-corrected chi connectivity index (χ1v) is 6.63. The van der Waals surface area contributed by atoms with E-state index in [4.69, 9.17) is 5.73 Å². The third kappa shape index (κ3) is 2.10. The average molecular weight is 259 g/mol. The number of rotatable bonds is 2. The van der Waals surface area contributed by atoms with Crippen molar-refractivity contribution in [2.75, 3.05) is 18.4 Å². The maximum Gasteiger partial charge on any atom is 0.254 e. The Morgan fingerprint density at radius 1 is 1.47 bits per heavy atom. The van der Waals surface area contributed by atoms with Crippen LogP contribution in [0.5, 0.6) is 0 Å². The summed E-state index contributed by atoms with van der Waals surface area (Å²) in [6.07, 6.45) is 2.35. The molecule has 2 aliphatic rings. The molecule has 0 aliphatic carbocycles. The van der Waals surface area contributed by atoms with Gasteiger partial charge in [0.2, 0.25) is 5.91 Å². The number of nitrogens with two attached hydrogens (primary N) is 1. The zero-order valence-corrected chi connectivity index (χ0v) is 10.7. The molecule has 1 aromatic carbocycles. The van der Waals surface area contributed by atoms with Crippen molar-refractivity contribution >= 4 is 17.5 Å². The lowest BCUT2D eigenvalue weighted by molar-refractivity contribution is -0.115. The molecule has 1 atom stereocenters. The largest absolute Gasteiger partial charge is 0.334 e. The van der Waals surface area contributed by atoms with Gasteiger partial charge in [0.05, 0.1) is 6.42 Å². The Kier molecular flexibility index (Phi) is 2.98. The van der Waals surface area contributed by atoms with E-state index in [-0.39, 0.29) is 17.9 Å². The summed E-state index contributed by atoms with van der Waals surface area (Å²) in [7, 11) is 0. The fourth-order valence-corrected chi connectivity index (χ4v) is 2.88. The summed E-state index contributed by atoms with van der Waals surface area (Å²) in [5.41, 5.74) is 8.07. The lowest BCUT2D eigenvalue weighted by Gasteiger charge is -2.23. The van der Waals surface area contributed by atoms with Crippen LogP contribution in [-0.2, 0) is 11.2 Å². The summed E-state index contributed by atoms with van der Waals surface area (Å²) in [5.74, 6) is 0.00991. The first-order chi connectivity index (χ1) is 9.19. The second-order valence-corrected chi connectivity index (χ2v) is 5.13. The molecule has 1 aromatic rings. The molecule has 0 radical (unpaired) electrons. The number of fused-ring (bicyclic) bond motifs is 1. The normalized spacial score (nSPS) is 21.4. The van der Waals surface area contributed by atoms with Crippen LogP contribution < -0.4 is 11.1 Å². The van der Waals surface area contributed by atoms with Crippen molar-refractivity contribution in [2.45, 2.75) is 25.3 Å². The number of carbonyl (C=O) groups is 2. The van der Waals surface area contributed by atoms with Crippen molar-refractivity contribution in [1.29, 1.82) is 0 Å². The molecule has 1 unspecified atom stereocenters. The second kappa shape index (κ2) is 4.66. The zero-order chi connectivity index (χ0) is 13.4. The van der Waals surface area contributed by atoms with Gasteiger partial charge in [-0.25, -0.2) is 0 Å². The minimum absolute atomic E-state index is 0.0133. The Morgan fingerprint density at radius 2 is 2.32 bits per heavy atom. The van der Waals surface area contributed by atoms with Gasteiger partial charge in [0.1, 0.15) is 0 Å². The second-order valence-electron chi connectivity index (χ2n) is 5.13. The fourth-order valence-electron chi connectivity index (χ4n) is 2.88. The number of hydrogen-bond acceptors (Lipinski definition) is 3. The highest BCUT2D eigenvalue weighted by Crippen LogP contribution is 2.26. The Balaban J connectivity index is 1.85. The van der Waals surface area contributed by atoms with E-state index in [1.54, 1.807) is 12.1 Å². The third-order valence-electron chi connectivity index (χ3n) is 3.89. The van der Waals surface area contributed by atoms with E-state index in [1.165, 1.54) is 0 Å². The molecule has 0 spiro atoms. The van der Waals surface area contributed by atoms with Crippen LogP contribution in [0.2, 0.25) is 0 Å². The molecule has 2 amide bonds. The van der Waals surface area contributed by atoms with Crippen LogP contribution in [0.15, 0.2) is 18.2 Å². The van der Waals surface area contributed by atoms with E-state index >= 15 is 0 Å². The minimum atomic E-state index is -0.0133. The van der Waals surface area contributed by atoms with Gasteiger partial charge in [-0.3, -0.25) is 9.59 Å². The van der Waals surface area contributed by atoms with E-state index in [1.807, 2.05) is 11.0 Å². The molecule has 5 nitrogen and oxygen atoms in total. The van der Waals surface area contributed by atoms with Crippen LogP contribution in [-0.4, -0.2) is 35.8 Å². The van der Waals surface area contributed by atoms with Crippen molar-refractivity contribution in [2.24, 2.45) is 5.73 Å². The van der Waals surface area contributed by atoms with Crippen molar-refractivity contribution < 1.29 is 9.59 Å². The van der Waals surface area contributed by atoms with Crippen molar-refractivity contribution in [3.63, 3.8) is 0 Å². The van der Waals surface area contributed by atoms with Crippen molar-refractivity contribution in [3.8, 4) is 0 Å². The molecular weight excluding hydrogens is 242 g/mol. The molecule has 100 valence electrons. The van der Waals surface area contributed by atoms with Crippen LogP contribution in [0.25, 0.3) is 0 Å². The van der Waals surface area contributed by atoms with E-state index in [0.29, 0.717) is 18.5 Å². The molecule has 2 heterocycles. The summed E-state index contributed by atoms with van der Waals surface area (Å²) in [5, 5.41) is 2.77. The summed E-state index contributed by atoms with van der Waals surface area (Å²) < 4.78 is 0. The van der Waals surface area contributed by atoms with Gasteiger partial charge in [0.25, 0.3) is 5.91 Å². The van der Waals surface area contributed by atoms with Gasteiger partial charge in [0.15, 0.2) is 0 Å². The molecule has 0 saturated carbocycles. The van der Waals surface area contributed by atoms with Crippen molar-refractivity contribution in [3.05, 3.63) is 29.3 Å². The molecule has 1 fully saturated rings. The molecule has 2 aliphatic heterocycles. The molecule has 3 N–H and O–H groups in total. The molecule has 0 aromatic heterocycles. The van der Waals surface area contributed by atoms with Crippen molar-refractivity contribution in [1.82, 2.24) is 4.90 Å². The lowest BCUT2D eigenvalue weighted by Crippen LogP contribution is -2.39. The number of likely N-dealkylation sites (tertiary alicyclic amines) is 1. The van der Waals surface area contributed by atoms with Gasteiger partial charge in [-0.1, -0.05) is 0 Å². The molecule has 3 rings (SSSR count). The number of hydrogen-bond donors (Lipinski definition) is 2. The predicted octanol–water partition coefficient (Wildman–Crippen LogP) is 0.744. The first-order valence-electron chi connectivity index (χ1n) is 6.63. The summed E-state index contributed by atoms with van der Waals surface area (Å²) in [6, 6.07) is 5.56. The van der Waals surface area contributed by atoms with E-state index in [0.717, 1.165) is 30.6 Å². The summed E-state index contributed by atoms with van der Waals surface area (Å²) in [6.45, 7) is 1.28. The predicted molar refractivity (Wildman–Crippen MR) is 71.9 cm³/mol. The van der Waals surface area contributed by atoms with Gasteiger partial charge < -0.3 is 16.0 Å². The highest BCUT2D eigenvalue weighted by atomic mass is 16.2. The highest BCUT2D eigenvalue weighted by molar-refractivity contribution is 6.01. The van der Waals surface area contributed by atoms with Crippen LogP contribution in [0.1, 0.15) is 28.8 Å². The van der Waals surface area contributed by atoms with E-state index in [2.05, 4.69) is 5.32 Å². The van der Waals surface area contributed by atoms with Crippen LogP contribution in [0.3, 0.4) is 0 Å². The van der Waals surface area contributed by atoms with Gasteiger partial charge in [0, 0.05) is 30.4 Å². The molecule has 19 heavy (non-hydrogen) atoms. The Hall–Kier alpha value is -1.88. The highest BCUT2D eigenvalue weighted by Gasteiger charge is 2.29. The Morgan fingerprint density at radius 3 is 3.11 bits per heavy atom. The third-order valence-corrected chi connectivity index (χ3v) is 3.89. The van der Waals surface area contributed by atoms with E-state index < -0.39 is 0 Å². The quantitative estimate of drug-likeness (QED) is 0.822. The lowest BCUT2D eigenvalue weighted by atomic mass is 10.1. The zero-order valence-electron chi connectivity index (χ0n) is 10.7. The molecule has 5 heteroatoms. The smallest absolute Gasteiger partial charge is 0.254 e.